The van der Waals surface area contributed by atoms with E-state index in [1.165, 1.54) is 0 Å². The zero-order valence-corrected chi connectivity index (χ0v) is 17.5. The summed E-state index contributed by atoms with van der Waals surface area (Å²) in [6.07, 6.45) is 0. The van der Waals surface area contributed by atoms with Crippen molar-refractivity contribution in [1.82, 2.24) is 4.90 Å². The summed E-state index contributed by atoms with van der Waals surface area (Å²) in [7, 11) is 3.17. The lowest BCUT2D eigenvalue weighted by Gasteiger charge is -2.21. The highest BCUT2D eigenvalue weighted by Gasteiger charge is 2.14. The van der Waals surface area contributed by atoms with E-state index in [9.17, 15) is 4.79 Å². The lowest BCUT2D eigenvalue weighted by atomic mass is 10.2. The topological polar surface area (TPSA) is 60.0 Å². The molecule has 2 aromatic rings. The van der Waals surface area contributed by atoms with Crippen molar-refractivity contribution in [3.05, 3.63) is 47.0 Å². The average Bonchev–Trinajstić information content (AvgIpc) is 2.68. The molecule has 0 unspecified atom stereocenters. The van der Waals surface area contributed by atoms with Crippen LogP contribution in [-0.4, -0.2) is 44.7 Å². The average molecular weight is 407 g/mol. The van der Waals surface area contributed by atoms with Gasteiger partial charge < -0.3 is 19.5 Å². The van der Waals surface area contributed by atoms with Gasteiger partial charge in [-0.3, -0.25) is 9.69 Å². The van der Waals surface area contributed by atoms with Crippen molar-refractivity contribution in [3.8, 4) is 17.2 Å². The lowest BCUT2D eigenvalue weighted by molar-refractivity contribution is -0.117. The van der Waals surface area contributed by atoms with E-state index in [0.717, 1.165) is 12.1 Å². The van der Waals surface area contributed by atoms with Crippen LogP contribution in [0.3, 0.4) is 0 Å². The quantitative estimate of drug-likeness (QED) is 0.640. The van der Waals surface area contributed by atoms with Crippen LogP contribution in [0, 0.1) is 0 Å². The van der Waals surface area contributed by atoms with Crippen LogP contribution in [0.25, 0.3) is 0 Å². The zero-order chi connectivity index (χ0) is 20.5. The smallest absolute Gasteiger partial charge is 0.238 e. The fraction of sp³-hybridized carbons (Fsp3) is 0.381. The fourth-order valence-electron chi connectivity index (χ4n) is 2.79. The van der Waals surface area contributed by atoms with E-state index >= 15 is 0 Å². The molecule has 152 valence electrons. The van der Waals surface area contributed by atoms with Gasteiger partial charge in [0.15, 0.2) is 11.5 Å². The number of halogens is 1. The van der Waals surface area contributed by atoms with Crippen LogP contribution >= 0.6 is 11.6 Å². The number of likely N-dealkylation sites (N-methyl/N-ethyl adjacent to an activating group) is 1. The third-order valence-electron chi connectivity index (χ3n) is 4.18. The van der Waals surface area contributed by atoms with Gasteiger partial charge in [-0.25, -0.2) is 0 Å². The molecule has 0 aliphatic rings. The third-order valence-corrected chi connectivity index (χ3v) is 4.42. The Morgan fingerprint density at radius 3 is 2.39 bits per heavy atom. The fourth-order valence-corrected chi connectivity index (χ4v) is 2.97. The molecule has 0 spiro atoms. The van der Waals surface area contributed by atoms with Crippen molar-refractivity contribution in [2.45, 2.75) is 20.4 Å². The van der Waals surface area contributed by atoms with Gasteiger partial charge in [0.25, 0.3) is 0 Å². The van der Waals surface area contributed by atoms with Crippen LogP contribution in [-0.2, 0) is 11.3 Å². The molecule has 28 heavy (non-hydrogen) atoms. The highest BCUT2D eigenvalue weighted by atomic mass is 35.5. The molecule has 0 aliphatic carbocycles. The van der Waals surface area contributed by atoms with E-state index in [1.54, 1.807) is 32.4 Å². The number of hydrogen-bond donors (Lipinski definition) is 1. The Hall–Kier alpha value is -2.44. The maximum atomic E-state index is 12.5. The molecular weight excluding hydrogens is 380 g/mol. The Bertz CT molecular complexity index is 798. The van der Waals surface area contributed by atoms with E-state index < -0.39 is 0 Å². The number of rotatable bonds is 10. The first kappa shape index (κ1) is 21.9. The van der Waals surface area contributed by atoms with Crippen molar-refractivity contribution in [3.63, 3.8) is 0 Å². The van der Waals surface area contributed by atoms with Crippen molar-refractivity contribution < 1.29 is 19.0 Å². The van der Waals surface area contributed by atoms with Gasteiger partial charge in [-0.15, -0.1) is 0 Å². The number of ether oxygens (including phenoxy) is 3. The van der Waals surface area contributed by atoms with Crippen LogP contribution in [0.2, 0.25) is 5.02 Å². The predicted molar refractivity (Wildman–Crippen MR) is 112 cm³/mol. The minimum atomic E-state index is -0.139. The summed E-state index contributed by atoms with van der Waals surface area (Å²) in [5.74, 6) is 1.82. The molecular formula is C21H27ClN2O4. The van der Waals surface area contributed by atoms with Gasteiger partial charge >= 0.3 is 0 Å². The summed E-state index contributed by atoms with van der Waals surface area (Å²) >= 11 is 6.02. The lowest BCUT2D eigenvalue weighted by Crippen LogP contribution is -2.32. The first-order valence-electron chi connectivity index (χ1n) is 9.16. The highest BCUT2D eigenvalue weighted by Crippen LogP contribution is 2.29. The second-order valence-electron chi connectivity index (χ2n) is 6.11. The van der Waals surface area contributed by atoms with Crippen molar-refractivity contribution in [2.75, 3.05) is 39.2 Å². The summed E-state index contributed by atoms with van der Waals surface area (Å²) in [5.41, 5.74) is 1.59. The zero-order valence-electron chi connectivity index (χ0n) is 16.8. The number of anilines is 1. The number of hydrogen-bond acceptors (Lipinski definition) is 5. The molecule has 0 heterocycles. The van der Waals surface area contributed by atoms with Crippen molar-refractivity contribution in [1.29, 1.82) is 0 Å². The minimum Gasteiger partial charge on any atom is -0.495 e. The Labute approximate surface area is 171 Å². The molecule has 0 radical (unpaired) electrons. The van der Waals surface area contributed by atoms with Gasteiger partial charge in [-0.2, -0.15) is 0 Å². The van der Waals surface area contributed by atoms with Gasteiger partial charge in [0.1, 0.15) is 5.75 Å². The molecule has 0 atom stereocenters. The molecule has 0 saturated carbocycles. The van der Waals surface area contributed by atoms with E-state index in [0.29, 0.717) is 41.1 Å². The number of nitrogens with zero attached hydrogens (tertiary/aromatic N) is 1. The first-order chi connectivity index (χ1) is 13.5. The molecule has 0 saturated heterocycles. The van der Waals surface area contributed by atoms with Gasteiger partial charge in [0.05, 0.1) is 33.1 Å². The van der Waals surface area contributed by atoms with Crippen LogP contribution in [0.15, 0.2) is 36.4 Å². The number of carbonyl (C=O) groups is 1. The van der Waals surface area contributed by atoms with E-state index in [4.69, 9.17) is 25.8 Å². The van der Waals surface area contributed by atoms with Gasteiger partial charge in [0, 0.05) is 11.6 Å². The van der Waals surface area contributed by atoms with Crippen molar-refractivity contribution in [2.24, 2.45) is 0 Å². The molecule has 2 aromatic carbocycles. The van der Waals surface area contributed by atoms with Crippen molar-refractivity contribution >= 4 is 23.2 Å². The number of amides is 1. The summed E-state index contributed by atoms with van der Waals surface area (Å²) in [6.45, 7) is 6.08. The second kappa shape index (κ2) is 10.8. The summed E-state index contributed by atoms with van der Waals surface area (Å²) in [6, 6.07) is 10.9. The van der Waals surface area contributed by atoms with Gasteiger partial charge in [-0.05, 0) is 49.4 Å². The van der Waals surface area contributed by atoms with Gasteiger partial charge in [-0.1, -0.05) is 24.6 Å². The van der Waals surface area contributed by atoms with Crippen LogP contribution < -0.4 is 19.5 Å². The van der Waals surface area contributed by atoms with Gasteiger partial charge in [0.2, 0.25) is 5.91 Å². The molecule has 0 bridgehead atoms. The molecule has 0 fully saturated rings. The standard InChI is InChI=1S/C21H27ClN2O4/c1-5-24(13-15-7-9-19(28-6-2)20(11-15)27-4)14-21(25)23-17-12-16(22)8-10-18(17)26-3/h7-12H,5-6,13-14H2,1-4H3,(H,23,25). The van der Waals surface area contributed by atoms with E-state index in [-0.39, 0.29) is 12.5 Å². The molecule has 7 heteroatoms. The van der Waals surface area contributed by atoms with Crippen LogP contribution in [0.4, 0.5) is 5.69 Å². The first-order valence-corrected chi connectivity index (χ1v) is 9.53. The Balaban J connectivity index is 2.04. The maximum absolute atomic E-state index is 12.5. The molecule has 0 aliphatic heterocycles. The Morgan fingerprint density at radius 1 is 1.04 bits per heavy atom. The SMILES string of the molecule is CCOc1ccc(CN(CC)CC(=O)Nc2cc(Cl)ccc2OC)cc1OC. The molecule has 1 amide bonds. The Morgan fingerprint density at radius 2 is 1.75 bits per heavy atom. The van der Waals surface area contributed by atoms with Crippen LogP contribution in [0.1, 0.15) is 19.4 Å². The summed E-state index contributed by atoms with van der Waals surface area (Å²) < 4.78 is 16.2. The number of benzene rings is 2. The van der Waals surface area contributed by atoms with E-state index in [1.807, 2.05) is 36.9 Å². The molecule has 6 nitrogen and oxygen atoms in total. The minimum absolute atomic E-state index is 0.139. The predicted octanol–water partition coefficient (Wildman–Crippen LogP) is 4.22. The number of methoxy groups -OCH3 is 2. The highest BCUT2D eigenvalue weighted by molar-refractivity contribution is 6.31. The molecule has 0 aromatic heterocycles. The number of carbonyl (C=O) groups excluding carboxylic acids is 1. The summed E-state index contributed by atoms with van der Waals surface area (Å²) in [4.78, 5) is 14.5. The third kappa shape index (κ3) is 6.04. The summed E-state index contributed by atoms with van der Waals surface area (Å²) in [5, 5.41) is 3.40. The van der Waals surface area contributed by atoms with Crippen LogP contribution in [0.5, 0.6) is 17.2 Å². The Kier molecular flexibility index (Phi) is 8.42. The van der Waals surface area contributed by atoms with E-state index in [2.05, 4.69) is 5.32 Å². The molecule has 2 rings (SSSR count). The largest absolute Gasteiger partial charge is 0.495 e. The number of nitrogens with one attached hydrogen (secondary N) is 1. The molecule has 1 N–H and O–H groups in total. The normalized spacial score (nSPS) is 10.6. The maximum Gasteiger partial charge on any atom is 0.238 e. The monoisotopic (exact) mass is 406 g/mol. The second-order valence-corrected chi connectivity index (χ2v) is 6.55.